The van der Waals surface area contributed by atoms with Crippen molar-refractivity contribution in [2.24, 2.45) is 4.99 Å². The zero-order chi connectivity index (χ0) is 10.6. The van der Waals surface area contributed by atoms with Crippen LogP contribution in [0.15, 0.2) is 34.2 Å². The van der Waals surface area contributed by atoms with E-state index in [1.807, 2.05) is 0 Å². The van der Waals surface area contributed by atoms with Crippen molar-refractivity contribution in [1.29, 1.82) is 0 Å². The Balaban J connectivity index is 0.00000196. The van der Waals surface area contributed by atoms with Crippen LogP contribution in [-0.4, -0.2) is 16.7 Å². The van der Waals surface area contributed by atoms with Gasteiger partial charge in [0.05, 0.1) is 0 Å². The maximum absolute atomic E-state index is 9.59. The Hall–Kier alpha value is -0.246. The molecule has 0 fully saturated rings. The van der Waals surface area contributed by atoms with Gasteiger partial charge in [-0.05, 0) is 12.6 Å². The van der Waals surface area contributed by atoms with Crippen LogP contribution in [0.4, 0.5) is 0 Å². The van der Waals surface area contributed by atoms with E-state index in [-0.39, 0.29) is 38.5 Å². The van der Waals surface area contributed by atoms with Crippen LogP contribution in [0.25, 0.3) is 0 Å². The smallest absolute Gasteiger partial charge is 0.538 e. The summed E-state index contributed by atoms with van der Waals surface area (Å²) < 4.78 is 0. The Morgan fingerprint density at radius 3 is 2.87 bits per heavy atom. The van der Waals surface area contributed by atoms with Crippen LogP contribution in [0.1, 0.15) is 12.8 Å². The molecule has 15 heavy (non-hydrogen) atoms. The SMILES string of the molecule is C=C([C-]=C(O)C1=C([CH2-])CC=N1)C[C-]=S.[Y+3]. The number of hydrogen-bond acceptors (Lipinski definition) is 3. The van der Waals surface area contributed by atoms with Gasteiger partial charge >= 0.3 is 32.7 Å². The molecular formula is C11H10NOSY. The monoisotopic (exact) mass is 293 g/mol. The van der Waals surface area contributed by atoms with E-state index in [0.717, 1.165) is 5.57 Å². The minimum absolute atomic E-state index is 0. The van der Waals surface area contributed by atoms with Crippen molar-refractivity contribution in [1.82, 2.24) is 0 Å². The van der Waals surface area contributed by atoms with Crippen LogP contribution in [0, 0.1) is 13.0 Å². The number of aliphatic hydroxyl groups is 1. The van der Waals surface area contributed by atoms with Gasteiger partial charge in [0.1, 0.15) is 0 Å². The molecule has 0 aromatic rings. The fourth-order valence-electron chi connectivity index (χ4n) is 1.02. The number of nitrogens with zero attached hydrogens (tertiary/aromatic N) is 1. The largest absolute Gasteiger partial charge is 3.00 e. The molecule has 0 aromatic heterocycles. The van der Waals surface area contributed by atoms with E-state index in [1.165, 1.54) is 0 Å². The second kappa shape index (κ2) is 7.10. The molecule has 1 heterocycles. The Kier molecular flexibility index (Phi) is 6.98. The molecule has 0 bridgehead atoms. The second-order valence-electron chi connectivity index (χ2n) is 2.87. The first-order valence-electron chi connectivity index (χ1n) is 4.09. The molecule has 0 aromatic carbocycles. The van der Waals surface area contributed by atoms with Gasteiger partial charge < -0.3 is 27.7 Å². The van der Waals surface area contributed by atoms with Crippen molar-refractivity contribution in [2.75, 3.05) is 0 Å². The van der Waals surface area contributed by atoms with Crippen LogP contribution < -0.4 is 0 Å². The Bertz CT molecular complexity index is 356. The predicted molar refractivity (Wildman–Crippen MR) is 61.2 cm³/mol. The van der Waals surface area contributed by atoms with Gasteiger partial charge in [0.25, 0.3) is 0 Å². The summed E-state index contributed by atoms with van der Waals surface area (Å²) in [5, 5.41) is 12.1. The van der Waals surface area contributed by atoms with Crippen molar-refractivity contribution in [3.05, 3.63) is 42.2 Å². The molecule has 0 aliphatic carbocycles. The van der Waals surface area contributed by atoms with E-state index in [4.69, 9.17) is 0 Å². The van der Waals surface area contributed by atoms with E-state index < -0.39 is 0 Å². The summed E-state index contributed by atoms with van der Waals surface area (Å²) in [5.41, 5.74) is 1.85. The molecule has 4 heteroatoms. The summed E-state index contributed by atoms with van der Waals surface area (Å²) in [5.74, 6) is -0.0287. The van der Waals surface area contributed by atoms with Crippen molar-refractivity contribution in [2.45, 2.75) is 12.8 Å². The number of allylic oxidation sites excluding steroid dienone is 3. The van der Waals surface area contributed by atoms with Gasteiger partial charge in [-0.3, -0.25) is 0 Å². The summed E-state index contributed by atoms with van der Waals surface area (Å²) in [6.07, 6.45) is 5.47. The fourth-order valence-corrected chi connectivity index (χ4v) is 1.20. The number of rotatable bonds is 4. The third-order valence-electron chi connectivity index (χ3n) is 1.70. The molecule has 1 N–H and O–H groups in total. The van der Waals surface area contributed by atoms with Gasteiger partial charge in [-0.2, -0.15) is 24.1 Å². The van der Waals surface area contributed by atoms with E-state index >= 15 is 0 Å². The van der Waals surface area contributed by atoms with Crippen LogP contribution >= 0.6 is 12.2 Å². The first-order chi connectivity index (χ1) is 6.65. The molecule has 0 atom stereocenters. The van der Waals surface area contributed by atoms with E-state index in [2.05, 4.69) is 42.2 Å². The molecule has 0 amide bonds. The minimum Gasteiger partial charge on any atom is -0.538 e. The maximum Gasteiger partial charge on any atom is 3.00 e. The van der Waals surface area contributed by atoms with E-state index in [1.54, 1.807) is 6.21 Å². The van der Waals surface area contributed by atoms with Crippen LogP contribution in [-0.2, 0) is 32.7 Å². The molecule has 0 saturated heterocycles. The zero-order valence-corrected chi connectivity index (χ0v) is 11.9. The third-order valence-corrected chi connectivity index (χ3v) is 1.84. The summed E-state index contributed by atoms with van der Waals surface area (Å²) >= 11 is 4.54. The second-order valence-corrected chi connectivity index (χ2v) is 3.15. The topological polar surface area (TPSA) is 32.6 Å². The molecule has 0 spiro atoms. The molecule has 74 valence electrons. The zero-order valence-electron chi connectivity index (χ0n) is 8.29. The quantitative estimate of drug-likeness (QED) is 0.374. The van der Waals surface area contributed by atoms with Gasteiger partial charge in [0.2, 0.25) is 0 Å². The van der Waals surface area contributed by atoms with Gasteiger partial charge in [0, 0.05) is 5.76 Å². The Morgan fingerprint density at radius 1 is 1.73 bits per heavy atom. The van der Waals surface area contributed by atoms with Crippen LogP contribution in [0.5, 0.6) is 0 Å². The summed E-state index contributed by atoms with van der Waals surface area (Å²) in [6, 6.07) is 0. The molecule has 1 aliphatic heterocycles. The number of thiocarbonyl (C=S) groups is 1. The summed E-state index contributed by atoms with van der Waals surface area (Å²) in [7, 11) is 0. The maximum atomic E-state index is 9.59. The van der Waals surface area contributed by atoms with E-state index in [0.29, 0.717) is 24.1 Å². The van der Waals surface area contributed by atoms with Crippen molar-refractivity contribution in [3.63, 3.8) is 0 Å². The van der Waals surface area contributed by atoms with Gasteiger partial charge in [-0.25, -0.2) is 6.92 Å². The minimum atomic E-state index is -0.0287. The van der Waals surface area contributed by atoms with Gasteiger partial charge in [0.15, 0.2) is 0 Å². The first-order valence-corrected chi connectivity index (χ1v) is 4.49. The van der Waals surface area contributed by atoms with Crippen LogP contribution in [0.2, 0.25) is 0 Å². The van der Waals surface area contributed by atoms with E-state index in [9.17, 15) is 5.11 Å². The molecule has 2 nitrogen and oxygen atoms in total. The van der Waals surface area contributed by atoms with Crippen molar-refractivity contribution >= 4 is 23.8 Å². The van der Waals surface area contributed by atoms with Crippen molar-refractivity contribution in [3.8, 4) is 0 Å². The van der Waals surface area contributed by atoms with Gasteiger partial charge in [-0.1, -0.05) is 5.70 Å². The Labute approximate surface area is 121 Å². The predicted octanol–water partition coefficient (Wildman–Crippen LogP) is 2.61. The molecule has 1 aliphatic rings. The average Bonchev–Trinajstić information content (AvgIpc) is 2.51. The first kappa shape index (κ1) is 14.8. The standard InChI is InChI=1S/C11H10NOS.Y/c1-8(4-6-14)7-10(13)11-9(2)3-5-12-11;/h5,13H,1-4H2;/q-3;+3. The fraction of sp³-hybridized carbons (Fsp3) is 0.182. The summed E-state index contributed by atoms with van der Waals surface area (Å²) in [6.45, 7) is 7.43. The molecule has 0 unspecified atom stereocenters. The molecular weight excluding hydrogens is 283 g/mol. The normalized spacial score (nSPS) is 15.1. The molecule has 0 saturated carbocycles. The Morgan fingerprint density at radius 2 is 2.40 bits per heavy atom. The molecule has 1 rings (SSSR count). The number of aliphatic imine (C=N–C) groups is 1. The molecule has 0 radical (unpaired) electrons. The summed E-state index contributed by atoms with van der Waals surface area (Å²) in [4.78, 5) is 3.98. The number of hydrogen-bond donors (Lipinski definition) is 1. The van der Waals surface area contributed by atoms with Crippen molar-refractivity contribution < 1.29 is 37.8 Å². The van der Waals surface area contributed by atoms with Crippen LogP contribution in [0.3, 0.4) is 0 Å². The van der Waals surface area contributed by atoms with Gasteiger partial charge in [-0.15, -0.1) is 6.08 Å². The third kappa shape index (κ3) is 4.41. The number of aliphatic hydroxyl groups excluding tert-OH is 1. The average molecular weight is 293 g/mol.